The molecule has 14 heteroatoms. The fourth-order valence-corrected chi connectivity index (χ4v) is 3.04. The van der Waals surface area contributed by atoms with Crippen LogP contribution >= 0.6 is 0 Å². The van der Waals surface area contributed by atoms with Crippen LogP contribution in [0.1, 0.15) is 47.8 Å². The van der Waals surface area contributed by atoms with Crippen LogP contribution in [0.3, 0.4) is 0 Å². The van der Waals surface area contributed by atoms with Crippen molar-refractivity contribution < 1.29 is 33.3 Å². The van der Waals surface area contributed by atoms with Crippen molar-refractivity contribution >= 4 is 23.7 Å². The Balaban J connectivity index is 2.69. The maximum absolute atomic E-state index is 12.6. The van der Waals surface area contributed by atoms with Crippen molar-refractivity contribution in [1.82, 2.24) is 9.55 Å². The zero-order valence-corrected chi connectivity index (χ0v) is 20.4. The second-order valence-corrected chi connectivity index (χ2v) is 8.92. The molecule has 0 saturated carbocycles. The molecule has 192 valence electrons. The van der Waals surface area contributed by atoms with Crippen LogP contribution in [-0.4, -0.2) is 52.0 Å². The summed E-state index contributed by atoms with van der Waals surface area (Å²) in [5, 5.41) is 3.66. The third-order valence-corrected chi connectivity index (χ3v) is 5.02. The number of nitrogens with two attached hydrogens (primary N) is 1. The van der Waals surface area contributed by atoms with E-state index >= 15 is 0 Å². The van der Waals surface area contributed by atoms with E-state index in [0.717, 1.165) is 4.57 Å². The third-order valence-electron chi connectivity index (χ3n) is 5.02. The minimum atomic E-state index is -2.17. The summed E-state index contributed by atoms with van der Waals surface area (Å²) in [5.74, 6) is -3.94. The van der Waals surface area contributed by atoms with Gasteiger partial charge in [-0.15, -0.1) is 0 Å². The molecule has 2 heterocycles. The molecule has 14 nitrogen and oxygen atoms in total. The maximum atomic E-state index is 12.6. The highest BCUT2D eigenvalue weighted by Crippen LogP contribution is 2.42. The van der Waals surface area contributed by atoms with Crippen molar-refractivity contribution in [1.29, 1.82) is 0 Å². The fraction of sp³-hybridized carbons (Fsp3) is 0.667. The van der Waals surface area contributed by atoms with Crippen molar-refractivity contribution in [3.05, 3.63) is 33.2 Å². The quantitative estimate of drug-likeness (QED) is 0.173. The Kier molecular flexibility index (Phi) is 8.83. The SMILES string of the molecule is CC(C)C(=O)OC[C@@]1(N=[N+]=[N-])O[C@H](n2ccc(N)nc2=O)[C@H](OC(=O)C(C)C)[C@@H]1OC(=O)C(C)C. The summed E-state index contributed by atoms with van der Waals surface area (Å²) in [4.78, 5) is 56.4. The van der Waals surface area contributed by atoms with Crippen LogP contribution in [0.4, 0.5) is 5.82 Å². The Morgan fingerprint density at radius 3 is 2.23 bits per heavy atom. The predicted octanol–water partition coefficient (Wildman–Crippen LogP) is 1.70. The number of ether oxygens (including phenoxy) is 4. The second-order valence-electron chi connectivity index (χ2n) is 8.92. The molecule has 35 heavy (non-hydrogen) atoms. The highest BCUT2D eigenvalue weighted by atomic mass is 16.7. The van der Waals surface area contributed by atoms with E-state index in [1.807, 2.05) is 0 Å². The number of anilines is 1. The van der Waals surface area contributed by atoms with E-state index in [2.05, 4.69) is 15.0 Å². The summed E-state index contributed by atoms with van der Waals surface area (Å²) in [5.41, 5.74) is 11.9. The monoisotopic (exact) mass is 494 g/mol. The number of hydrogen-bond acceptors (Lipinski definition) is 11. The Hall–Kier alpha value is -3.64. The highest BCUT2D eigenvalue weighted by molar-refractivity contribution is 5.73. The Bertz CT molecular complexity index is 1060. The average molecular weight is 495 g/mol. The second kappa shape index (κ2) is 11.2. The number of azide groups is 1. The zero-order valence-electron chi connectivity index (χ0n) is 20.4. The molecule has 0 amide bonds. The van der Waals surface area contributed by atoms with Crippen molar-refractivity contribution in [2.45, 2.75) is 65.7 Å². The van der Waals surface area contributed by atoms with Gasteiger partial charge in [-0.05, 0) is 11.6 Å². The number of nitrogen functional groups attached to an aromatic ring is 1. The summed E-state index contributed by atoms with van der Waals surface area (Å²) >= 11 is 0. The lowest BCUT2D eigenvalue weighted by molar-refractivity contribution is -0.182. The number of aromatic nitrogens is 2. The number of esters is 3. The van der Waals surface area contributed by atoms with Gasteiger partial charge in [0.15, 0.2) is 18.4 Å². The molecular weight excluding hydrogens is 464 g/mol. The van der Waals surface area contributed by atoms with Gasteiger partial charge in [-0.1, -0.05) is 46.7 Å². The van der Waals surface area contributed by atoms with Crippen molar-refractivity contribution in [2.24, 2.45) is 22.9 Å². The van der Waals surface area contributed by atoms with Gasteiger partial charge in [0.1, 0.15) is 12.4 Å². The zero-order chi connectivity index (χ0) is 26.5. The highest BCUT2D eigenvalue weighted by Gasteiger charge is 2.61. The first-order valence-corrected chi connectivity index (χ1v) is 11.0. The molecule has 0 aliphatic carbocycles. The summed E-state index contributed by atoms with van der Waals surface area (Å²) < 4.78 is 23.3. The first-order chi connectivity index (χ1) is 16.3. The Morgan fingerprint density at radius 1 is 1.14 bits per heavy atom. The largest absolute Gasteiger partial charge is 0.462 e. The van der Waals surface area contributed by atoms with Gasteiger partial charge in [0, 0.05) is 11.1 Å². The number of carbonyl (C=O) groups is 3. The van der Waals surface area contributed by atoms with Crippen molar-refractivity contribution in [2.75, 3.05) is 12.3 Å². The smallest absolute Gasteiger partial charge is 0.351 e. The van der Waals surface area contributed by atoms with E-state index in [9.17, 15) is 24.7 Å². The van der Waals surface area contributed by atoms with Gasteiger partial charge in [-0.3, -0.25) is 19.0 Å². The maximum Gasteiger partial charge on any atom is 0.351 e. The van der Waals surface area contributed by atoms with Gasteiger partial charge >= 0.3 is 23.6 Å². The molecule has 1 aliphatic heterocycles. The van der Waals surface area contributed by atoms with Gasteiger partial charge in [0.05, 0.1) is 17.8 Å². The van der Waals surface area contributed by atoms with Crippen LogP contribution in [0, 0.1) is 17.8 Å². The molecule has 1 fully saturated rings. The standard InChI is InChI=1S/C21H30N6O8/c1-10(2)17(28)32-9-21(25-26-23)15(34-19(30)12(5)6)14(33-18(29)11(3)4)16(35-21)27-8-7-13(22)24-20(27)31/h7-8,10-12,14-16H,9H2,1-6H3,(H2,22,24,31)/t14-,15+,16+,21-/m1/s1. The minimum absolute atomic E-state index is 0.0741. The van der Waals surface area contributed by atoms with Crippen LogP contribution in [0.15, 0.2) is 22.2 Å². The van der Waals surface area contributed by atoms with Gasteiger partial charge in [0.2, 0.25) is 5.72 Å². The van der Waals surface area contributed by atoms with E-state index in [1.54, 1.807) is 41.5 Å². The summed E-state index contributed by atoms with van der Waals surface area (Å²) in [6, 6.07) is 1.30. The average Bonchev–Trinajstić information content (AvgIpc) is 3.05. The molecule has 0 radical (unpaired) electrons. The lowest BCUT2D eigenvalue weighted by Gasteiger charge is -2.30. The third kappa shape index (κ3) is 6.28. The number of hydrogen-bond donors (Lipinski definition) is 1. The first kappa shape index (κ1) is 27.6. The molecule has 0 spiro atoms. The fourth-order valence-electron chi connectivity index (χ4n) is 3.04. The topological polar surface area (TPSA) is 198 Å². The number of nitrogens with zero attached hydrogens (tertiary/aromatic N) is 5. The molecular formula is C21H30N6O8. The molecule has 4 atom stereocenters. The van der Waals surface area contributed by atoms with Crippen molar-refractivity contribution in [3.8, 4) is 0 Å². The molecule has 1 aliphatic rings. The normalized spacial score (nSPS) is 23.7. The summed E-state index contributed by atoms with van der Waals surface area (Å²) in [6.45, 7) is 8.76. The Labute approximate surface area is 201 Å². The van der Waals surface area contributed by atoms with Gasteiger partial charge in [-0.2, -0.15) is 4.98 Å². The van der Waals surface area contributed by atoms with E-state index in [-0.39, 0.29) is 5.82 Å². The van der Waals surface area contributed by atoms with Crippen LogP contribution < -0.4 is 11.4 Å². The van der Waals surface area contributed by atoms with Crippen molar-refractivity contribution in [3.63, 3.8) is 0 Å². The van der Waals surface area contributed by atoms with Crippen LogP contribution in [0.2, 0.25) is 0 Å². The number of rotatable bonds is 9. The molecule has 1 saturated heterocycles. The number of carbonyl (C=O) groups excluding carboxylic acids is 3. The van der Waals surface area contributed by atoms with E-state index in [4.69, 9.17) is 24.7 Å². The Morgan fingerprint density at radius 2 is 1.71 bits per heavy atom. The van der Waals surface area contributed by atoms with Gasteiger partial charge in [-0.25, -0.2) is 4.79 Å². The molecule has 0 unspecified atom stereocenters. The predicted molar refractivity (Wildman–Crippen MR) is 120 cm³/mol. The van der Waals surface area contributed by atoms with Gasteiger partial charge < -0.3 is 24.7 Å². The molecule has 2 N–H and O–H groups in total. The summed E-state index contributed by atoms with van der Waals surface area (Å²) in [7, 11) is 0. The van der Waals surface area contributed by atoms with E-state index in [0.29, 0.717) is 0 Å². The minimum Gasteiger partial charge on any atom is -0.462 e. The molecule has 0 aromatic carbocycles. The lowest BCUT2D eigenvalue weighted by atomic mass is 10.0. The van der Waals surface area contributed by atoms with Gasteiger partial charge in [0.25, 0.3) is 0 Å². The lowest BCUT2D eigenvalue weighted by Crippen LogP contribution is -2.50. The van der Waals surface area contributed by atoms with Crippen LogP contribution in [-0.2, 0) is 33.3 Å². The van der Waals surface area contributed by atoms with Crippen LogP contribution in [0.25, 0.3) is 10.4 Å². The van der Waals surface area contributed by atoms with Crippen LogP contribution in [0.5, 0.6) is 0 Å². The molecule has 2 rings (SSSR count). The molecule has 1 aromatic heterocycles. The molecule has 0 bridgehead atoms. The van der Waals surface area contributed by atoms with E-state index in [1.165, 1.54) is 12.3 Å². The summed E-state index contributed by atoms with van der Waals surface area (Å²) in [6.07, 6.45) is -3.28. The first-order valence-electron chi connectivity index (χ1n) is 11.0. The van der Waals surface area contributed by atoms with E-state index < -0.39 is 72.1 Å². The molecule has 1 aromatic rings.